The first-order valence-corrected chi connectivity index (χ1v) is 7.08. The third-order valence-corrected chi connectivity index (χ3v) is 7.24. The van der Waals surface area contributed by atoms with Gasteiger partial charge >= 0.3 is 0 Å². The van der Waals surface area contributed by atoms with E-state index < -0.39 is 0 Å². The lowest BCUT2D eigenvalue weighted by Gasteiger charge is -2.76. The summed E-state index contributed by atoms with van der Waals surface area (Å²) < 4.78 is 0. The summed E-state index contributed by atoms with van der Waals surface area (Å²) in [5, 5.41) is 0. The molecule has 4 atom stereocenters. The molecule has 0 spiro atoms. The SMILES string of the molecule is CCC(C)C1(C)C(C)(C)C(C)C1(C)C(C)C. The molecule has 0 heteroatoms. The highest BCUT2D eigenvalue weighted by atomic mass is 14.7. The van der Waals surface area contributed by atoms with Crippen molar-refractivity contribution in [3.05, 3.63) is 0 Å². The molecular weight excluding hydrogens is 192 g/mol. The first-order valence-electron chi connectivity index (χ1n) is 7.08. The normalized spacial score (nSPS) is 44.2. The van der Waals surface area contributed by atoms with Crippen LogP contribution in [0.4, 0.5) is 0 Å². The van der Waals surface area contributed by atoms with Crippen molar-refractivity contribution in [3.8, 4) is 0 Å². The van der Waals surface area contributed by atoms with Crippen molar-refractivity contribution < 1.29 is 0 Å². The molecule has 0 amide bonds. The second kappa shape index (κ2) is 3.75. The maximum Gasteiger partial charge on any atom is -0.0187 e. The van der Waals surface area contributed by atoms with Gasteiger partial charge in [0, 0.05) is 0 Å². The Morgan fingerprint density at radius 3 is 1.75 bits per heavy atom. The van der Waals surface area contributed by atoms with Crippen LogP contribution in [0.3, 0.4) is 0 Å². The molecule has 1 aliphatic rings. The molecule has 1 saturated carbocycles. The fraction of sp³-hybridized carbons (Fsp3) is 1.00. The van der Waals surface area contributed by atoms with Crippen molar-refractivity contribution in [1.29, 1.82) is 0 Å². The van der Waals surface area contributed by atoms with E-state index in [2.05, 4.69) is 62.3 Å². The van der Waals surface area contributed by atoms with Crippen molar-refractivity contribution in [3.63, 3.8) is 0 Å². The summed E-state index contributed by atoms with van der Waals surface area (Å²) in [5.41, 5.74) is 1.44. The summed E-state index contributed by atoms with van der Waals surface area (Å²) in [6, 6.07) is 0. The van der Waals surface area contributed by atoms with E-state index in [1.807, 2.05) is 0 Å². The van der Waals surface area contributed by atoms with E-state index in [4.69, 9.17) is 0 Å². The van der Waals surface area contributed by atoms with Gasteiger partial charge in [-0.1, -0.05) is 68.7 Å². The molecule has 1 fully saturated rings. The van der Waals surface area contributed by atoms with Gasteiger partial charge in [-0.15, -0.1) is 0 Å². The fourth-order valence-corrected chi connectivity index (χ4v) is 4.94. The highest BCUT2D eigenvalue weighted by molar-refractivity contribution is 5.18. The van der Waals surface area contributed by atoms with Crippen LogP contribution in [0.5, 0.6) is 0 Å². The zero-order valence-electron chi connectivity index (χ0n) is 12.9. The molecule has 1 aliphatic carbocycles. The molecule has 0 nitrogen and oxygen atoms in total. The lowest BCUT2D eigenvalue weighted by molar-refractivity contribution is -0.285. The van der Waals surface area contributed by atoms with Gasteiger partial charge < -0.3 is 0 Å². The summed E-state index contributed by atoms with van der Waals surface area (Å²) in [4.78, 5) is 0. The van der Waals surface area contributed by atoms with Crippen LogP contribution in [0.2, 0.25) is 0 Å². The minimum absolute atomic E-state index is 0.474. The Balaban J connectivity index is 3.22. The summed E-state index contributed by atoms with van der Waals surface area (Å²) in [5.74, 6) is 2.40. The largest absolute Gasteiger partial charge is 0.0651 e. The molecule has 16 heavy (non-hydrogen) atoms. The summed E-state index contributed by atoms with van der Waals surface area (Å²) in [6.07, 6.45) is 1.30. The van der Waals surface area contributed by atoms with Gasteiger partial charge in [0.15, 0.2) is 0 Å². The Morgan fingerprint density at radius 1 is 1.00 bits per heavy atom. The molecule has 0 aromatic carbocycles. The Morgan fingerprint density at radius 2 is 1.44 bits per heavy atom. The third kappa shape index (κ3) is 1.22. The van der Waals surface area contributed by atoms with Crippen molar-refractivity contribution in [2.24, 2.45) is 34.0 Å². The molecule has 0 bridgehead atoms. The van der Waals surface area contributed by atoms with Gasteiger partial charge in [0.2, 0.25) is 0 Å². The molecule has 0 aliphatic heterocycles. The van der Waals surface area contributed by atoms with Crippen molar-refractivity contribution in [2.45, 2.75) is 68.7 Å². The molecule has 0 N–H and O–H groups in total. The lowest BCUT2D eigenvalue weighted by Crippen LogP contribution is -2.71. The van der Waals surface area contributed by atoms with Gasteiger partial charge in [-0.25, -0.2) is 0 Å². The summed E-state index contributed by atoms with van der Waals surface area (Å²) in [6.45, 7) is 22.1. The smallest absolute Gasteiger partial charge is 0.0187 e. The van der Waals surface area contributed by atoms with Crippen LogP contribution in [0.1, 0.15) is 68.7 Å². The van der Waals surface area contributed by atoms with E-state index in [1.165, 1.54) is 6.42 Å². The highest BCUT2D eigenvalue weighted by Crippen LogP contribution is 2.76. The lowest BCUT2D eigenvalue weighted by atomic mass is 9.28. The Bertz CT molecular complexity index is 263. The van der Waals surface area contributed by atoms with Crippen molar-refractivity contribution in [2.75, 3.05) is 0 Å². The van der Waals surface area contributed by atoms with Gasteiger partial charge in [0.05, 0.1) is 0 Å². The Hall–Kier alpha value is 0. The van der Waals surface area contributed by atoms with Crippen molar-refractivity contribution in [1.82, 2.24) is 0 Å². The molecule has 96 valence electrons. The fourth-order valence-electron chi connectivity index (χ4n) is 4.94. The second-order valence-corrected chi connectivity index (χ2v) is 7.39. The molecular formula is C16H32. The average molecular weight is 224 g/mol. The van der Waals surface area contributed by atoms with Crippen LogP contribution in [0.15, 0.2) is 0 Å². The summed E-state index contributed by atoms with van der Waals surface area (Å²) >= 11 is 0. The summed E-state index contributed by atoms with van der Waals surface area (Å²) in [7, 11) is 0. The quantitative estimate of drug-likeness (QED) is 0.604. The monoisotopic (exact) mass is 224 g/mol. The van der Waals surface area contributed by atoms with Gasteiger partial charge in [0.1, 0.15) is 0 Å². The number of rotatable bonds is 3. The van der Waals surface area contributed by atoms with Crippen LogP contribution in [-0.4, -0.2) is 0 Å². The molecule has 1 rings (SSSR count). The molecule has 0 saturated heterocycles. The maximum absolute atomic E-state index is 2.54. The van der Waals surface area contributed by atoms with Crippen LogP contribution >= 0.6 is 0 Å². The minimum atomic E-state index is 0.474. The van der Waals surface area contributed by atoms with E-state index in [0.717, 1.165) is 17.8 Å². The predicted octanol–water partition coefficient (Wildman–Crippen LogP) is 5.38. The van der Waals surface area contributed by atoms with Gasteiger partial charge in [0.25, 0.3) is 0 Å². The van der Waals surface area contributed by atoms with Gasteiger partial charge in [-0.3, -0.25) is 0 Å². The second-order valence-electron chi connectivity index (χ2n) is 7.39. The zero-order chi connectivity index (χ0) is 12.9. The average Bonchev–Trinajstić information content (AvgIpc) is 2.23. The van der Waals surface area contributed by atoms with Gasteiger partial charge in [-0.2, -0.15) is 0 Å². The number of hydrogen-bond acceptors (Lipinski definition) is 0. The molecule has 4 unspecified atom stereocenters. The number of hydrogen-bond donors (Lipinski definition) is 0. The van der Waals surface area contributed by atoms with E-state index in [-0.39, 0.29) is 0 Å². The van der Waals surface area contributed by atoms with Crippen LogP contribution in [0.25, 0.3) is 0 Å². The van der Waals surface area contributed by atoms with Crippen LogP contribution < -0.4 is 0 Å². The van der Waals surface area contributed by atoms with Crippen molar-refractivity contribution >= 4 is 0 Å². The maximum atomic E-state index is 2.54. The third-order valence-electron chi connectivity index (χ3n) is 7.24. The van der Waals surface area contributed by atoms with E-state index in [1.54, 1.807) is 0 Å². The van der Waals surface area contributed by atoms with E-state index >= 15 is 0 Å². The van der Waals surface area contributed by atoms with E-state index in [9.17, 15) is 0 Å². The predicted molar refractivity (Wildman–Crippen MR) is 73.5 cm³/mol. The zero-order valence-corrected chi connectivity index (χ0v) is 12.9. The highest BCUT2D eigenvalue weighted by Gasteiger charge is 2.71. The standard InChI is InChI=1S/C16H32/c1-10-12(4)16(9)14(6,7)13(5)15(16,8)11(2)3/h11-13H,10H2,1-9H3. The first kappa shape index (κ1) is 14.1. The first-order chi connectivity index (χ1) is 7.08. The molecule has 0 aromatic rings. The topological polar surface area (TPSA) is 0 Å². The Labute approximate surface area is 103 Å². The van der Waals surface area contributed by atoms with E-state index in [0.29, 0.717) is 16.2 Å². The Kier molecular flexibility index (Phi) is 3.30. The minimum Gasteiger partial charge on any atom is -0.0651 e. The van der Waals surface area contributed by atoms with Crippen LogP contribution in [-0.2, 0) is 0 Å². The van der Waals surface area contributed by atoms with Gasteiger partial charge in [-0.05, 0) is 34.0 Å². The molecule has 0 heterocycles. The van der Waals surface area contributed by atoms with Crippen LogP contribution in [0, 0.1) is 34.0 Å². The molecule has 0 aromatic heterocycles. The molecule has 0 radical (unpaired) electrons.